The zero-order chi connectivity index (χ0) is 23.3. The van der Waals surface area contributed by atoms with Gasteiger partial charge in [-0.1, -0.05) is 91.3 Å². The van der Waals surface area contributed by atoms with Crippen molar-refractivity contribution in [2.75, 3.05) is 19.4 Å². The van der Waals surface area contributed by atoms with Gasteiger partial charge in [-0.25, -0.2) is 0 Å². The van der Waals surface area contributed by atoms with Crippen LogP contribution in [0.4, 0.5) is 0 Å². The summed E-state index contributed by atoms with van der Waals surface area (Å²) in [4.78, 5) is 0. The van der Waals surface area contributed by atoms with Crippen LogP contribution < -0.4 is 15.9 Å². The summed E-state index contributed by atoms with van der Waals surface area (Å²) in [6.07, 6.45) is 7.05. The molecule has 4 aromatic rings. The van der Waals surface area contributed by atoms with E-state index in [1.165, 1.54) is 46.9 Å². The molecular formula is C32H36OP+. The Hall–Kier alpha value is -2.73. The third kappa shape index (κ3) is 6.44. The highest BCUT2D eigenvalue weighted by atomic mass is 31.2. The molecule has 0 spiro atoms. The first-order valence-corrected chi connectivity index (χ1v) is 14.5. The molecule has 0 amide bonds. The maximum Gasteiger partial charge on any atom is 0.112 e. The first-order valence-electron chi connectivity index (χ1n) is 12.6. The molecule has 0 N–H and O–H groups in total. The highest BCUT2D eigenvalue weighted by Gasteiger charge is 2.44. The van der Waals surface area contributed by atoms with Gasteiger partial charge < -0.3 is 4.74 Å². The quantitative estimate of drug-likeness (QED) is 0.155. The van der Waals surface area contributed by atoms with Crippen LogP contribution in [-0.2, 0) is 11.2 Å². The summed E-state index contributed by atoms with van der Waals surface area (Å²) >= 11 is 0. The minimum absolute atomic E-state index is 0.814. The minimum Gasteiger partial charge on any atom is -0.381 e. The van der Waals surface area contributed by atoms with Gasteiger partial charge in [-0.05, 0) is 67.6 Å². The third-order valence-corrected chi connectivity index (χ3v) is 11.0. The molecule has 0 aliphatic carbocycles. The van der Waals surface area contributed by atoms with Gasteiger partial charge in [0.2, 0.25) is 0 Å². The van der Waals surface area contributed by atoms with E-state index in [-0.39, 0.29) is 0 Å². The maximum atomic E-state index is 5.90. The van der Waals surface area contributed by atoms with Gasteiger partial charge in [0, 0.05) is 6.61 Å². The highest BCUT2D eigenvalue weighted by Crippen LogP contribution is 2.55. The average molecular weight is 468 g/mol. The van der Waals surface area contributed by atoms with E-state index in [1.807, 2.05) is 0 Å². The fourth-order valence-electron chi connectivity index (χ4n) is 4.73. The Morgan fingerprint density at radius 2 is 0.882 bits per heavy atom. The van der Waals surface area contributed by atoms with Crippen LogP contribution in [0.15, 0.2) is 121 Å². The summed E-state index contributed by atoms with van der Waals surface area (Å²) in [5, 5.41) is 4.45. The maximum absolute atomic E-state index is 5.90. The van der Waals surface area contributed by atoms with Crippen molar-refractivity contribution in [2.45, 2.75) is 32.1 Å². The van der Waals surface area contributed by atoms with E-state index in [9.17, 15) is 0 Å². The molecule has 0 atom stereocenters. The molecule has 174 valence electrons. The van der Waals surface area contributed by atoms with Crippen molar-refractivity contribution in [1.29, 1.82) is 0 Å². The summed E-state index contributed by atoms with van der Waals surface area (Å²) < 4.78 is 5.90. The topological polar surface area (TPSA) is 9.23 Å². The number of hydrogen-bond acceptors (Lipinski definition) is 1. The predicted molar refractivity (Wildman–Crippen MR) is 149 cm³/mol. The Morgan fingerprint density at radius 1 is 0.441 bits per heavy atom. The molecule has 0 saturated carbocycles. The lowest BCUT2D eigenvalue weighted by Gasteiger charge is -2.27. The van der Waals surface area contributed by atoms with Gasteiger partial charge >= 0.3 is 0 Å². The second-order valence-electron chi connectivity index (χ2n) is 8.80. The molecule has 0 radical (unpaired) electrons. The molecule has 0 fully saturated rings. The number of ether oxygens (including phenoxy) is 1. The van der Waals surface area contributed by atoms with Crippen LogP contribution in [0, 0.1) is 0 Å². The minimum atomic E-state index is -1.68. The fraction of sp³-hybridized carbons (Fsp3) is 0.250. The molecule has 0 aliphatic heterocycles. The SMILES string of the molecule is c1ccc(CCOCCCCCC[P+](c2ccccc2)(c2ccccc2)c2ccccc2)cc1. The first kappa shape index (κ1) is 24.4. The zero-order valence-corrected chi connectivity index (χ0v) is 21.0. The van der Waals surface area contributed by atoms with E-state index < -0.39 is 7.26 Å². The lowest BCUT2D eigenvalue weighted by Crippen LogP contribution is -2.33. The van der Waals surface area contributed by atoms with Crippen molar-refractivity contribution in [2.24, 2.45) is 0 Å². The van der Waals surface area contributed by atoms with E-state index >= 15 is 0 Å². The van der Waals surface area contributed by atoms with Gasteiger partial charge in [0.1, 0.15) is 23.2 Å². The Morgan fingerprint density at radius 3 is 1.38 bits per heavy atom. The molecule has 0 saturated heterocycles. The monoisotopic (exact) mass is 467 g/mol. The standard InChI is InChI=1S/C32H36OP/c1(15-26-33-27-25-29-17-7-3-8-18-29)2-16-28-34(30-19-9-4-10-20-30,31-21-11-5-12-22-31)32-23-13-6-14-24-32/h3-14,17-24H,1-2,15-16,25-28H2/q+1. The molecule has 0 aromatic heterocycles. The number of rotatable bonds is 13. The van der Waals surface area contributed by atoms with Crippen molar-refractivity contribution < 1.29 is 4.74 Å². The van der Waals surface area contributed by atoms with Crippen molar-refractivity contribution in [3.63, 3.8) is 0 Å². The number of benzene rings is 4. The summed E-state index contributed by atoms with van der Waals surface area (Å²) in [5.41, 5.74) is 1.35. The molecule has 2 heteroatoms. The molecule has 0 heterocycles. The summed E-state index contributed by atoms with van der Waals surface area (Å²) in [6, 6.07) is 44.2. The summed E-state index contributed by atoms with van der Waals surface area (Å²) in [6.45, 7) is 1.68. The summed E-state index contributed by atoms with van der Waals surface area (Å²) in [5.74, 6) is 0. The van der Waals surface area contributed by atoms with Crippen molar-refractivity contribution in [3.05, 3.63) is 127 Å². The van der Waals surface area contributed by atoms with Crippen LogP contribution >= 0.6 is 7.26 Å². The van der Waals surface area contributed by atoms with E-state index in [0.717, 1.165) is 26.1 Å². The third-order valence-electron chi connectivity index (χ3n) is 6.50. The number of unbranched alkanes of at least 4 members (excludes halogenated alkanes) is 3. The Labute approximate surface area is 206 Å². The van der Waals surface area contributed by atoms with E-state index in [1.54, 1.807) is 0 Å². The van der Waals surface area contributed by atoms with Gasteiger partial charge in [0.15, 0.2) is 0 Å². The molecule has 0 bridgehead atoms. The second-order valence-corrected chi connectivity index (χ2v) is 12.4. The zero-order valence-electron chi connectivity index (χ0n) is 20.1. The van der Waals surface area contributed by atoms with E-state index in [0.29, 0.717) is 0 Å². The normalized spacial score (nSPS) is 11.4. The fourth-order valence-corrected chi connectivity index (χ4v) is 9.14. The molecular weight excluding hydrogens is 431 g/mol. The van der Waals surface area contributed by atoms with Crippen LogP contribution in [0.3, 0.4) is 0 Å². The molecule has 4 aromatic carbocycles. The molecule has 34 heavy (non-hydrogen) atoms. The van der Waals surface area contributed by atoms with E-state index in [4.69, 9.17) is 4.74 Å². The van der Waals surface area contributed by atoms with Crippen molar-refractivity contribution in [1.82, 2.24) is 0 Å². The molecule has 1 nitrogen and oxygen atoms in total. The van der Waals surface area contributed by atoms with Crippen LogP contribution in [-0.4, -0.2) is 19.4 Å². The lowest BCUT2D eigenvalue weighted by atomic mass is 10.2. The van der Waals surface area contributed by atoms with E-state index in [2.05, 4.69) is 121 Å². The van der Waals surface area contributed by atoms with Crippen LogP contribution in [0.25, 0.3) is 0 Å². The van der Waals surface area contributed by atoms with Crippen LogP contribution in [0.2, 0.25) is 0 Å². The average Bonchev–Trinajstić information content (AvgIpc) is 2.92. The largest absolute Gasteiger partial charge is 0.381 e. The summed E-state index contributed by atoms with van der Waals surface area (Å²) in [7, 11) is -1.68. The van der Waals surface area contributed by atoms with Gasteiger partial charge in [0.05, 0.1) is 12.8 Å². The smallest absolute Gasteiger partial charge is 0.112 e. The highest BCUT2D eigenvalue weighted by molar-refractivity contribution is 7.95. The van der Waals surface area contributed by atoms with Crippen LogP contribution in [0.5, 0.6) is 0 Å². The van der Waals surface area contributed by atoms with Gasteiger partial charge in [0.25, 0.3) is 0 Å². The van der Waals surface area contributed by atoms with Gasteiger partial charge in [-0.15, -0.1) is 0 Å². The van der Waals surface area contributed by atoms with Crippen molar-refractivity contribution in [3.8, 4) is 0 Å². The number of hydrogen-bond donors (Lipinski definition) is 0. The van der Waals surface area contributed by atoms with Gasteiger partial charge in [-0.2, -0.15) is 0 Å². The second kappa shape index (κ2) is 13.2. The Kier molecular flexibility index (Phi) is 9.49. The molecule has 4 rings (SSSR count). The Bertz CT molecular complexity index is 968. The molecule has 0 aliphatic rings. The molecule has 0 unspecified atom stereocenters. The Balaban J connectivity index is 1.36. The lowest BCUT2D eigenvalue weighted by molar-refractivity contribution is 0.133. The van der Waals surface area contributed by atoms with Gasteiger partial charge in [-0.3, -0.25) is 0 Å². The first-order chi connectivity index (χ1) is 16.9. The van der Waals surface area contributed by atoms with Crippen molar-refractivity contribution >= 4 is 23.2 Å². The van der Waals surface area contributed by atoms with Crippen LogP contribution in [0.1, 0.15) is 31.2 Å². The predicted octanol–water partition coefficient (Wildman–Crippen LogP) is 6.80.